The van der Waals surface area contributed by atoms with E-state index < -0.39 is 6.04 Å². The fraction of sp³-hybridized carbons (Fsp3) is 0.375. The van der Waals surface area contributed by atoms with Crippen LogP contribution < -0.4 is 5.73 Å². The van der Waals surface area contributed by atoms with Crippen LogP contribution in [0.2, 0.25) is 0 Å². The lowest BCUT2D eigenvalue weighted by Gasteiger charge is -2.12. The van der Waals surface area contributed by atoms with Gasteiger partial charge in [0.1, 0.15) is 0 Å². The summed E-state index contributed by atoms with van der Waals surface area (Å²) in [4.78, 5) is 4.13. The predicted molar refractivity (Wildman–Crippen MR) is 58.4 cm³/mol. The first-order valence-corrected chi connectivity index (χ1v) is 5.33. The van der Waals surface area contributed by atoms with Gasteiger partial charge in [0.15, 0.2) is 0 Å². The van der Waals surface area contributed by atoms with Crippen LogP contribution in [0.4, 0.5) is 0 Å². The minimum atomic E-state index is -0.429. The molecule has 13 heavy (non-hydrogen) atoms. The standard InChI is InChI=1S/C8H10Br2N2O/c1-4-5(9)2-12-8(7(4)10)6(11)3-13/h2,6,13H,3,11H2,1H3. The highest BCUT2D eigenvalue weighted by Gasteiger charge is 2.13. The van der Waals surface area contributed by atoms with E-state index in [1.54, 1.807) is 6.20 Å². The second-order valence-corrected chi connectivity index (χ2v) is 4.37. The molecule has 1 heterocycles. The van der Waals surface area contributed by atoms with Crippen molar-refractivity contribution in [2.45, 2.75) is 13.0 Å². The summed E-state index contributed by atoms with van der Waals surface area (Å²) in [7, 11) is 0. The molecule has 5 heteroatoms. The van der Waals surface area contributed by atoms with Crippen LogP contribution in [0.3, 0.4) is 0 Å². The summed E-state index contributed by atoms with van der Waals surface area (Å²) < 4.78 is 1.77. The first-order valence-electron chi connectivity index (χ1n) is 3.74. The Kier molecular flexibility index (Phi) is 3.85. The van der Waals surface area contributed by atoms with Gasteiger partial charge < -0.3 is 10.8 Å². The van der Waals surface area contributed by atoms with Gasteiger partial charge in [-0.05, 0) is 44.3 Å². The zero-order valence-corrected chi connectivity index (χ0v) is 10.3. The molecule has 0 fully saturated rings. The van der Waals surface area contributed by atoms with Gasteiger partial charge in [0.2, 0.25) is 0 Å². The Bertz CT molecular complexity index is 317. The first-order chi connectivity index (χ1) is 6.07. The Morgan fingerprint density at radius 1 is 1.62 bits per heavy atom. The topological polar surface area (TPSA) is 59.1 Å². The smallest absolute Gasteiger partial charge is 0.0739 e. The maximum atomic E-state index is 8.88. The molecule has 0 aliphatic rings. The van der Waals surface area contributed by atoms with Crippen molar-refractivity contribution in [3.8, 4) is 0 Å². The number of nitrogens with zero attached hydrogens (tertiary/aromatic N) is 1. The second kappa shape index (κ2) is 4.50. The number of halogens is 2. The maximum absolute atomic E-state index is 8.88. The number of nitrogens with two attached hydrogens (primary N) is 1. The summed E-state index contributed by atoms with van der Waals surface area (Å²) in [5.74, 6) is 0. The molecule has 1 atom stereocenters. The number of aliphatic hydroxyl groups excluding tert-OH is 1. The molecule has 1 rings (SSSR count). The zero-order chi connectivity index (χ0) is 10.0. The summed E-state index contributed by atoms with van der Waals surface area (Å²) in [6, 6.07) is -0.429. The van der Waals surface area contributed by atoms with Gasteiger partial charge in [-0.3, -0.25) is 4.98 Å². The van der Waals surface area contributed by atoms with Crippen molar-refractivity contribution in [1.82, 2.24) is 4.98 Å². The molecule has 0 spiro atoms. The first kappa shape index (κ1) is 11.1. The maximum Gasteiger partial charge on any atom is 0.0739 e. The van der Waals surface area contributed by atoms with E-state index in [1.807, 2.05) is 6.92 Å². The van der Waals surface area contributed by atoms with E-state index in [-0.39, 0.29) is 6.61 Å². The number of hydrogen-bond acceptors (Lipinski definition) is 3. The lowest BCUT2D eigenvalue weighted by Crippen LogP contribution is -2.17. The van der Waals surface area contributed by atoms with Crippen molar-refractivity contribution in [2.75, 3.05) is 6.61 Å². The van der Waals surface area contributed by atoms with E-state index in [1.165, 1.54) is 0 Å². The quantitative estimate of drug-likeness (QED) is 0.877. The normalized spacial score (nSPS) is 13.0. The van der Waals surface area contributed by atoms with Crippen LogP contribution in [0.5, 0.6) is 0 Å². The second-order valence-electron chi connectivity index (χ2n) is 2.72. The highest BCUT2D eigenvalue weighted by atomic mass is 79.9. The lowest BCUT2D eigenvalue weighted by molar-refractivity contribution is 0.265. The van der Waals surface area contributed by atoms with Crippen LogP contribution in [0.1, 0.15) is 17.3 Å². The van der Waals surface area contributed by atoms with Gasteiger partial charge in [0, 0.05) is 15.1 Å². The van der Waals surface area contributed by atoms with Crippen molar-refractivity contribution in [3.05, 3.63) is 26.4 Å². The average molecular weight is 310 g/mol. The van der Waals surface area contributed by atoms with E-state index in [0.29, 0.717) is 5.69 Å². The van der Waals surface area contributed by atoms with Gasteiger partial charge in [-0.1, -0.05) is 0 Å². The van der Waals surface area contributed by atoms with Gasteiger partial charge in [-0.2, -0.15) is 0 Å². The Balaban J connectivity index is 3.18. The van der Waals surface area contributed by atoms with Crippen molar-refractivity contribution in [1.29, 1.82) is 0 Å². The monoisotopic (exact) mass is 308 g/mol. The molecule has 0 bridgehead atoms. The minimum Gasteiger partial charge on any atom is -0.394 e. The van der Waals surface area contributed by atoms with E-state index in [0.717, 1.165) is 14.5 Å². The highest BCUT2D eigenvalue weighted by Crippen LogP contribution is 2.28. The van der Waals surface area contributed by atoms with Crippen molar-refractivity contribution < 1.29 is 5.11 Å². The third kappa shape index (κ3) is 2.28. The van der Waals surface area contributed by atoms with Crippen LogP contribution in [-0.2, 0) is 0 Å². The van der Waals surface area contributed by atoms with Gasteiger partial charge in [0.25, 0.3) is 0 Å². The van der Waals surface area contributed by atoms with Crippen LogP contribution >= 0.6 is 31.9 Å². The molecular weight excluding hydrogens is 300 g/mol. The molecule has 0 amide bonds. The van der Waals surface area contributed by atoms with Crippen molar-refractivity contribution in [2.24, 2.45) is 5.73 Å². The molecule has 0 radical (unpaired) electrons. The molecule has 1 unspecified atom stereocenters. The van der Waals surface area contributed by atoms with Gasteiger partial charge in [-0.25, -0.2) is 0 Å². The molecule has 0 aliphatic heterocycles. The van der Waals surface area contributed by atoms with E-state index in [4.69, 9.17) is 10.8 Å². The molecule has 72 valence electrons. The fourth-order valence-corrected chi connectivity index (χ4v) is 2.10. The Labute approximate surface area is 93.6 Å². The summed E-state index contributed by atoms with van der Waals surface area (Å²) in [6.07, 6.45) is 1.69. The van der Waals surface area contributed by atoms with Crippen LogP contribution in [0.25, 0.3) is 0 Å². The summed E-state index contributed by atoms with van der Waals surface area (Å²) in [5.41, 5.74) is 7.38. The van der Waals surface area contributed by atoms with E-state index >= 15 is 0 Å². The molecule has 0 saturated heterocycles. The SMILES string of the molecule is Cc1c(Br)cnc(C(N)CO)c1Br. The Hall–Kier alpha value is 0.0300. The van der Waals surface area contributed by atoms with E-state index in [2.05, 4.69) is 36.8 Å². The molecular formula is C8H10Br2N2O. The largest absolute Gasteiger partial charge is 0.394 e. The predicted octanol–water partition coefficient (Wildman–Crippen LogP) is 1.91. The van der Waals surface area contributed by atoms with Gasteiger partial charge >= 0.3 is 0 Å². The number of aromatic nitrogens is 1. The van der Waals surface area contributed by atoms with Gasteiger partial charge in [0.05, 0.1) is 18.3 Å². The number of pyridine rings is 1. The summed E-state index contributed by atoms with van der Waals surface area (Å²) >= 11 is 6.74. The molecule has 0 aliphatic carbocycles. The third-order valence-corrected chi connectivity index (χ3v) is 3.58. The van der Waals surface area contributed by atoms with Crippen LogP contribution in [-0.4, -0.2) is 16.7 Å². The van der Waals surface area contributed by atoms with Crippen molar-refractivity contribution in [3.63, 3.8) is 0 Å². The van der Waals surface area contributed by atoms with Gasteiger partial charge in [-0.15, -0.1) is 0 Å². The highest BCUT2D eigenvalue weighted by molar-refractivity contribution is 9.11. The molecule has 0 aromatic carbocycles. The van der Waals surface area contributed by atoms with Crippen molar-refractivity contribution >= 4 is 31.9 Å². The molecule has 1 aromatic rings. The average Bonchev–Trinajstić information content (AvgIpc) is 2.13. The number of aliphatic hydroxyl groups is 1. The Morgan fingerprint density at radius 2 is 2.23 bits per heavy atom. The fourth-order valence-electron chi connectivity index (χ4n) is 0.922. The van der Waals surface area contributed by atoms with Crippen LogP contribution in [0.15, 0.2) is 15.1 Å². The zero-order valence-electron chi connectivity index (χ0n) is 7.09. The summed E-state index contributed by atoms with van der Waals surface area (Å²) in [6.45, 7) is 1.84. The van der Waals surface area contributed by atoms with E-state index in [9.17, 15) is 0 Å². The molecule has 0 saturated carbocycles. The molecule has 3 nitrogen and oxygen atoms in total. The number of rotatable bonds is 2. The third-order valence-electron chi connectivity index (χ3n) is 1.78. The molecule has 1 aromatic heterocycles. The Morgan fingerprint density at radius 3 is 2.77 bits per heavy atom. The lowest BCUT2D eigenvalue weighted by atomic mass is 10.1. The molecule has 3 N–H and O–H groups in total. The number of hydrogen-bond donors (Lipinski definition) is 2. The van der Waals surface area contributed by atoms with Crippen LogP contribution in [0, 0.1) is 6.92 Å². The summed E-state index contributed by atoms with van der Waals surface area (Å²) in [5, 5.41) is 8.88. The minimum absolute atomic E-state index is 0.104.